The van der Waals surface area contributed by atoms with Crippen LogP contribution < -0.4 is 11.1 Å². The number of nitrogens with one attached hydrogen (secondary N) is 1. The van der Waals surface area contributed by atoms with Crippen LogP contribution in [0.25, 0.3) is 10.8 Å². The molecule has 0 radical (unpaired) electrons. The normalized spacial score (nSPS) is 10.5. The molecule has 1 heterocycles. The van der Waals surface area contributed by atoms with E-state index in [2.05, 4.69) is 22.4 Å². The second kappa shape index (κ2) is 4.13. The maximum atomic E-state index is 5.75. The monoisotopic (exact) mass is 202 g/mol. The zero-order valence-corrected chi connectivity index (χ0v) is 8.70. The Balaban J connectivity index is 2.51. The molecular formula is C11H14N4. The summed E-state index contributed by atoms with van der Waals surface area (Å²) in [5.74, 6) is 1.29. The summed E-state index contributed by atoms with van der Waals surface area (Å²) in [6.45, 7) is 3.00. The molecule has 0 aliphatic rings. The summed E-state index contributed by atoms with van der Waals surface area (Å²) < 4.78 is 0. The van der Waals surface area contributed by atoms with Crippen LogP contribution in [-0.4, -0.2) is 16.7 Å². The number of anilines is 2. The second-order valence-corrected chi connectivity index (χ2v) is 3.41. The topological polar surface area (TPSA) is 63.8 Å². The van der Waals surface area contributed by atoms with E-state index in [1.807, 2.05) is 24.3 Å². The van der Waals surface area contributed by atoms with E-state index in [1.165, 1.54) is 0 Å². The molecule has 4 nitrogen and oxygen atoms in total. The van der Waals surface area contributed by atoms with Crippen LogP contribution in [0.2, 0.25) is 0 Å². The highest BCUT2D eigenvalue weighted by molar-refractivity contribution is 5.97. The molecule has 0 aliphatic carbocycles. The number of benzene rings is 1. The Hall–Kier alpha value is -1.84. The van der Waals surface area contributed by atoms with Crippen LogP contribution >= 0.6 is 0 Å². The Morgan fingerprint density at radius 1 is 1.20 bits per heavy atom. The molecule has 15 heavy (non-hydrogen) atoms. The zero-order valence-electron chi connectivity index (χ0n) is 8.70. The average molecular weight is 202 g/mol. The van der Waals surface area contributed by atoms with Crippen molar-refractivity contribution < 1.29 is 0 Å². The lowest BCUT2D eigenvalue weighted by Crippen LogP contribution is -2.05. The molecule has 0 saturated heterocycles. The molecule has 0 spiro atoms. The van der Waals surface area contributed by atoms with Gasteiger partial charge in [0.25, 0.3) is 0 Å². The highest BCUT2D eigenvalue weighted by Gasteiger charge is 2.04. The van der Waals surface area contributed by atoms with E-state index in [-0.39, 0.29) is 0 Å². The summed E-state index contributed by atoms with van der Waals surface area (Å²) in [6, 6.07) is 7.87. The third-order valence-corrected chi connectivity index (χ3v) is 2.26. The predicted molar refractivity (Wildman–Crippen MR) is 62.7 cm³/mol. The fourth-order valence-corrected chi connectivity index (χ4v) is 1.50. The first kappa shape index (κ1) is 9.71. The number of nitrogens with two attached hydrogens (primary N) is 1. The molecule has 0 atom stereocenters. The van der Waals surface area contributed by atoms with Crippen LogP contribution in [-0.2, 0) is 0 Å². The van der Waals surface area contributed by atoms with Crippen LogP contribution in [0.1, 0.15) is 13.3 Å². The Labute approximate surface area is 88.5 Å². The second-order valence-electron chi connectivity index (χ2n) is 3.41. The summed E-state index contributed by atoms with van der Waals surface area (Å²) in [7, 11) is 0. The van der Waals surface area contributed by atoms with Gasteiger partial charge in [-0.3, -0.25) is 0 Å². The summed E-state index contributed by atoms with van der Waals surface area (Å²) >= 11 is 0. The number of hydrogen-bond acceptors (Lipinski definition) is 4. The van der Waals surface area contributed by atoms with Gasteiger partial charge in [-0.15, -0.1) is 10.2 Å². The maximum absolute atomic E-state index is 5.75. The van der Waals surface area contributed by atoms with E-state index in [4.69, 9.17) is 5.73 Å². The van der Waals surface area contributed by atoms with Gasteiger partial charge in [-0.05, 0) is 6.42 Å². The zero-order chi connectivity index (χ0) is 10.7. The van der Waals surface area contributed by atoms with Crippen molar-refractivity contribution in [2.24, 2.45) is 0 Å². The van der Waals surface area contributed by atoms with Gasteiger partial charge in [0.05, 0.1) is 0 Å². The van der Waals surface area contributed by atoms with Crippen molar-refractivity contribution in [1.82, 2.24) is 10.2 Å². The van der Waals surface area contributed by atoms with Crippen molar-refractivity contribution in [2.75, 3.05) is 17.6 Å². The van der Waals surface area contributed by atoms with Crippen LogP contribution in [0.3, 0.4) is 0 Å². The minimum absolute atomic E-state index is 0.479. The third-order valence-electron chi connectivity index (χ3n) is 2.26. The van der Waals surface area contributed by atoms with Crippen LogP contribution in [0.5, 0.6) is 0 Å². The third kappa shape index (κ3) is 1.83. The lowest BCUT2D eigenvalue weighted by Gasteiger charge is -2.07. The van der Waals surface area contributed by atoms with Crippen LogP contribution in [0, 0.1) is 0 Å². The number of nitrogens with zero attached hydrogens (tertiary/aromatic N) is 2. The number of fused-ring (bicyclic) bond motifs is 1. The van der Waals surface area contributed by atoms with Gasteiger partial charge in [-0.1, -0.05) is 31.2 Å². The standard InChI is InChI=1S/C11H14N4/c1-2-7-13-11-9-6-4-3-5-8(9)10(12)14-15-11/h3-6H,2,7H2,1H3,(H2,12,14)(H,13,15). The Kier molecular flexibility index (Phi) is 2.67. The van der Waals surface area contributed by atoms with Gasteiger partial charge in [-0.2, -0.15) is 0 Å². The first-order valence-electron chi connectivity index (χ1n) is 5.07. The van der Waals surface area contributed by atoms with E-state index in [0.717, 1.165) is 29.6 Å². The van der Waals surface area contributed by atoms with Crippen LogP contribution in [0.4, 0.5) is 11.6 Å². The first-order valence-corrected chi connectivity index (χ1v) is 5.07. The molecule has 2 aromatic rings. The van der Waals surface area contributed by atoms with Crippen molar-refractivity contribution in [3.63, 3.8) is 0 Å². The average Bonchev–Trinajstić information content (AvgIpc) is 2.29. The molecule has 2 rings (SSSR count). The summed E-state index contributed by atoms with van der Waals surface area (Å²) in [4.78, 5) is 0. The van der Waals surface area contributed by atoms with Gasteiger partial charge < -0.3 is 11.1 Å². The van der Waals surface area contributed by atoms with Gasteiger partial charge in [0.2, 0.25) is 0 Å². The maximum Gasteiger partial charge on any atom is 0.156 e. The van der Waals surface area contributed by atoms with Crippen molar-refractivity contribution in [1.29, 1.82) is 0 Å². The van der Waals surface area contributed by atoms with Crippen molar-refractivity contribution in [3.8, 4) is 0 Å². The molecule has 4 heteroatoms. The molecule has 3 N–H and O–H groups in total. The number of hydrogen-bond donors (Lipinski definition) is 2. The number of aromatic nitrogens is 2. The summed E-state index contributed by atoms with van der Waals surface area (Å²) in [6.07, 6.45) is 1.06. The molecule has 0 bridgehead atoms. The molecule has 1 aromatic carbocycles. The predicted octanol–water partition coefficient (Wildman–Crippen LogP) is 2.03. The molecule has 0 saturated carbocycles. The lowest BCUT2D eigenvalue weighted by atomic mass is 10.2. The Morgan fingerprint density at radius 3 is 2.67 bits per heavy atom. The minimum Gasteiger partial charge on any atom is -0.382 e. The largest absolute Gasteiger partial charge is 0.382 e. The van der Waals surface area contributed by atoms with Crippen molar-refractivity contribution in [2.45, 2.75) is 13.3 Å². The van der Waals surface area contributed by atoms with Gasteiger partial charge in [-0.25, -0.2) is 0 Å². The van der Waals surface area contributed by atoms with Gasteiger partial charge >= 0.3 is 0 Å². The van der Waals surface area contributed by atoms with Crippen molar-refractivity contribution in [3.05, 3.63) is 24.3 Å². The highest BCUT2D eigenvalue weighted by Crippen LogP contribution is 2.23. The number of rotatable bonds is 3. The Morgan fingerprint density at radius 2 is 1.93 bits per heavy atom. The molecule has 78 valence electrons. The van der Waals surface area contributed by atoms with E-state index in [1.54, 1.807) is 0 Å². The SMILES string of the molecule is CCCNc1nnc(N)c2ccccc12. The first-order chi connectivity index (χ1) is 7.33. The fraction of sp³-hybridized carbons (Fsp3) is 0.273. The molecule has 0 unspecified atom stereocenters. The van der Waals surface area contributed by atoms with Crippen LogP contribution in [0.15, 0.2) is 24.3 Å². The van der Waals surface area contributed by atoms with E-state index >= 15 is 0 Å². The van der Waals surface area contributed by atoms with E-state index in [9.17, 15) is 0 Å². The van der Waals surface area contributed by atoms with E-state index in [0.29, 0.717) is 5.82 Å². The van der Waals surface area contributed by atoms with Gasteiger partial charge in [0.15, 0.2) is 11.6 Å². The lowest BCUT2D eigenvalue weighted by molar-refractivity contribution is 0.953. The molecule has 0 fully saturated rings. The van der Waals surface area contributed by atoms with Gasteiger partial charge in [0, 0.05) is 17.3 Å². The van der Waals surface area contributed by atoms with Gasteiger partial charge in [0.1, 0.15) is 0 Å². The van der Waals surface area contributed by atoms with Crippen molar-refractivity contribution >= 4 is 22.4 Å². The highest BCUT2D eigenvalue weighted by atomic mass is 15.2. The quantitative estimate of drug-likeness (QED) is 0.799. The van der Waals surface area contributed by atoms with E-state index < -0.39 is 0 Å². The molecular weight excluding hydrogens is 188 g/mol. The number of nitrogen functional groups attached to an aromatic ring is 1. The fourth-order valence-electron chi connectivity index (χ4n) is 1.50. The summed E-state index contributed by atoms with van der Waals surface area (Å²) in [5, 5.41) is 13.2. The molecule has 0 aliphatic heterocycles. The molecule has 0 amide bonds. The summed E-state index contributed by atoms with van der Waals surface area (Å²) in [5.41, 5.74) is 5.75. The molecule has 1 aromatic heterocycles. The smallest absolute Gasteiger partial charge is 0.156 e. The minimum atomic E-state index is 0.479. The Bertz CT molecular complexity index is 467.